The SMILES string of the molecule is C=CCC(Cc1ccc(OC)c(OCCc2ccccc2)c1)(C(=O)O)C(=O)OC. The molecule has 6 heteroatoms. The minimum absolute atomic E-state index is 0.0504. The van der Waals surface area contributed by atoms with Gasteiger partial charge < -0.3 is 19.3 Å². The Kier molecular flexibility index (Phi) is 7.83. The van der Waals surface area contributed by atoms with Gasteiger partial charge in [-0.15, -0.1) is 6.58 Å². The van der Waals surface area contributed by atoms with E-state index >= 15 is 0 Å². The first-order valence-corrected chi connectivity index (χ1v) is 9.23. The number of carbonyl (C=O) groups excluding carboxylic acids is 1. The Morgan fingerprint density at radius 2 is 1.79 bits per heavy atom. The summed E-state index contributed by atoms with van der Waals surface area (Å²) in [5, 5.41) is 9.75. The first-order valence-electron chi connectivity index (χ1n) is 9.23. The third kappa shape index (κ3) is 5.38. The Labute approximate surface area is 170 Å². The zero-order chi connectivity index (χ0) is 21.3. The number of allylic oxidation sites excluding steroid dienone is 1. The normalized spacial score (nSPS) is 12.5. The number of carboxylic acid groups (broad SMARTS) is 1. The maximum Gasteiger partial charge on any atom is 0.323 e. The topological polar surface area (TPSA) is 82.1 Å². The highest BCUT2D eigenvalue weighted by Gasteiger charge is 2.46. The molecule has 1 atom stereocenters. The van der Waals surface area contributed by atoms with Crippen LogP contribution in [0.1, 0.15) is 17.5 Å². The van der Waals surface area contributed by atoms with Crippen LogP contribution in [-0.4, -0.2) is 37.9 Å². The van der Waals surface area contributed by atoms with Gasteiger partial charge in [-0.1, -0.05) is 42.5 Å². The van der Waals surface area contributed by atoms with Crippen molar-refractivity contribution in [2.24, 2.45) is 5.41 Å². The molecule has 0 spiro atoms. The van der Waals surface area contributed by atoms with Gasteiger partial charge in [-0.2, -0.15) is 0 Å². The zero-order valence-electron chi connectivity index (χ0n) is 16.7. The standard InChI is InChI=1S/C23H26O6/c1-4-13-23(21(24)25,22(26)28-3)16-18-10-11-19(27-2)20(15-18)29-14-12-17-8-6-5-7-9-17/h4-11,15H,1,12-14,16H2,2-3H3,(H,24,25). The highest BCUT2D eigenvalue weighted by atomic mass is 16.5. The predicted molar refractivity (Wildman–Crippen MR) is 109 cm³/mol. The van der Waals surface area contributed by atoms with E-state index in [0.29, 0.717) is 30.1 Å². The van der Waals surface area contributed by atoms with E-state index in [4.69, 9.17) is 14.2 Å². The van der Waals surface area contributed by atoms with E-state index in [2.05, 4.69) is 6.58 Å². The van der Waals surface area contributed by atoms with Gasteiger partial charge in [0.25, 0.3) is 0 Å². The summed E-state index contributed by atoms with van der Waals surface area (Å²) in [5.74, 6) is -1.05. The Balaban J connectivity index is 2.24. The minimum Gasteiger partial charge on any atom is -0.493 e. The van der Waals surface area contributed by atoms with Crippen molar-refractivity contribution in [1.82, 2.24) is 0 Å². The highest BCUT2D eigenvalue weighted by Crippen LogP contribution is 2.34. The monoisotopic (exact) mass is 398 g/mol. The van der Waals surface area contributed by atoms with Crippen LogP contribution in [0, 0.1) is 5.41 Å². The number of benzene rings is 2. The van der Waals surface area contributed by atoms with E-state index < -0.39 is 17.4 Å². The number of esters is 1. The number of aliphatic carboxylic acids is 1. The molecule has 2 aromatic rings. The van der Waals surface area contributed by atoms with Gasteiger partial charge in [0.05, 0.1) is 20.8 Å². The molecule has 1 unspecified atom stereocenters. The lowest BCUT2D eigenvalue weighted by molar-refractivity contribution is -0.166. The number of carboxylic acids is 1. The quantitative estimate of drug-likeness (QED) is 0.353. The van der Waals surface area contributed by atoms with Crippen LogP contribution in [0.3, 0.4) is 0 Å². The second-order valence-electron chi connectivity index (χ2n) is 6.62. The van der Waals surface area contributed by atoms with Crippen LogP contribution in [0.4, 0.5) is 0 Å². The van der Waals surface area contributed by atoms with E-state index in [1.54, 1.807) is 18.2 Å². The predicted octanol–water partition coefficient (Wildman–Crippen LogP) is 3.68. The van der Waals surface area contributed by atoms with Crippen molar-refractivity contribution in [2.75, 3.05) is 20.8 Å². The van der Waals surface area contributed by atoms with Crippen molar-refractivity contribution >= 4 is 11.9 Å². The van der Waals surface area contributed by atoms with Gasteiger partial charge in [-0.3, -0.25) is 9.59 Å². The Morgan fingerprint density at radius 3 is 2.38 bits per heavy atom. The molecule has 0 aliphatic rings. The maximum atomic E-state index is 12.3. The van der Waals surface area contributed by atoms with Gasteiger partial charge in [-0.05, 0) is 36.1 Å². The molecule has 0 saturated heterocycles. The van der Waals surface area contributed by atoms with Gasteiger partial charge in [0.15, 0.2) is 16.9 Å². The molecule has 2 rings (SSSR count). The largest absolute Gasteiger partial charge is 0.493 e. The molecule has 2 aromatic carbocycles. The Morgan fingerprint density at radius 1 is 1.07 bits per heavy atom. The van der Waals surface area contributed by atoms with Crippen molar-refractivity contribution in [1.29, 1.82) is 0 Å². The number of carbonyl (C=O) groups is 2. The number of methoxy groups -OCH3 is 2. The molecule has 6 nitrogen and oxygen atoms in total. The highest BCUT2D eigenvalue weighted by molar-refractivity contribution is 5.99. The average molecular weight is 398 g/mol. The third-order valence-electron chi connectivity index (χ3n) is 4.70. The molecule has 0 bridgehead atoms. The van der Waals surface area contributed by atoms with Crippen molar-refractivity contribution < 1.29 is 28.9 Å². The van der Waals surface area contributed by atoms with Crippen molar-refractivity contribution in [3.05, 3.63) is 72.3 Å². The Bertz CT molecular complexity index is 846. The molecule has 0 amide bonds. The fourth-order valence-corrected chi connectivity index (χ4v) is 3.14. The molecule has 0 aliphatic heterocycles. The van der Waals surface area contributed by atoms with Crippen LogP contribution in [0.5, 0.6) is 11.5 Å². The fourth-order valence-electron chi connectivity index (χ4n) is 3.14. The van der Waals surface area contributed by atoms with E-state index in [0.717, 1.165) is 5.56 Å². The smallest absolute Gasteiger partial charge is 0.323 e. The van der Waals surface area contributed by atoms with Crippen LogP contribution < -0.4 is 9.47 Å². The summed E-state index contributed by atoms with van der Waals surface area (Å²) in [4.78, 5) is 24.2. The first kappa shape index (κ1) is 22.0. The summed E-state index contributed by atoms with van der Waals surface area (Å²) in [5.41, 5.74) is 0.0196. The third-order valence-corrected chi connectivity index (χ3v) is 4.70. The summed E-state index contributed by atoms with van der Waals surface area (Å²) in [6, 6.07) is 15.0. The molecule has 0 aromatic heterocycles. The molecule has 0 heterocycles. The molecular formula is C23H26O6. The van der Waals surface area contributed by atoms with Crippen molar-refractivity contribution in [3.63, 3.8) is 0 Å². The molecule has 0 saturated carbocycles. The number of hydrogen-bond acceptors (Lipinski definition) is 5. The van der Waals surface area contributed by atoms with Crippen molar-refractivity contribution in [3.8, 4) is 11.5 Å². The minimum atomic E-state index is -1.74. The van der Waals surface area contributed by atoms with E-state index in [-0.39, 0.29) is 12.8 Å². The lowest BCUT2D eigenvalue weighted by atomic mass is 9.78. The van der Waals surface area contributed by atoms with Crippen LogP contribution in [0.25, 0.3) is 0 Å². The summed E-state index contributed by atoms with van der Waals surface area (Å²) >= 11 is 0. The van der Waals surface area contributed by atoms with Gasteiger partial charge >= 0.3 is 11.9 Å². The zero-order valence-corrected chi connectivity index (χ0v) is 16.7. The lowest BCUT2D eigenvalue weighted by Gasteiger charge is -2.25. The molecule has 154 valence electrons. The molecule has 0 fully saturated rings. The molecular weight excluding hydrogens is 372 g/mol. The summed E-state index contributed by atoms with van der Waals surface area (Å²) < 4.78 is 16.0. The second-order valence-corrected chi connectivity index (χ2v) is 6.62. The summed E-state index contributed by atoms with van der Waals surface area (Å²) in [6.07, 6.45) is 2.02. The summed E-state index contributed by atoms with van der Waals surface area (Å²) in [7, 11) is 2.71. The maximum absolute atomic E-state index is 12.3. The van der Waals surface area contributed by atoms with E-state index in [1.165, 1.54) is 20.3 Å². The number of rotatable bonds is 11. The number of hydrogen-bond donors (Lipinski definition) is 1. The molecule has 0 radical (unpaired) electrons. The van der Waals surface area contributed by atoms with Gasteiger partial charge in [0.2, 0.25) is 0 Å². The van der Waals surface area contributed by atoms with Crippen LogP contribution in [-0.2, 0) is 27.2 Å². The lowest BCUT2D eigenvalue weighted by Crippen LogP contribution is -2.42. The van der Waals surface area contributed by atoms with Gasteiger partial charge in [0, 0.05) is 6.42 Å². The Hall–Kier alpha value is -3.28. The second kappa shape index (κ2) is 10.3. The van der Waals surface area contributed by atoms with Crippen LogP contribution in [0.2, 0.25) is 0 Å². The van der Waals surface area contributed by atoms with Crippen LogP contribution >= 0.6 is 0 Å². The van der Waals surface area contributed by atoms with Crippen LogP contribution in [0.15, 0.2) is 61.2 Å². The van der Waals surface area contributed by atoms with Crippen molar-refractivity contribution in [2.45, 2.75) is 19.3 Å². The van der Waals surface area contributed by atoms with Gasteiger partial charge in [0.1, 0.15) is 0 Å². The summed E-state index contributed by atoms with van der Waals surface area (Å²) in [6.45, 7) is 4.01. The molecule has 0 aliphatic carbocycles. The fraction of sp³-hybridized carbons (Fsp3) is 0.304. The van der Waals surface area contributed by atoms with Gasteiger partial charge in [-0.25, -0.2) is 0 Å². The number of ether oxygens (including phenoxy) is 3. The molecule has 1 N–H and O–H groups in total. The average Bonchev–Trinajstić information content (AvgIpc) is 2.73. The van der Waals surface area contributed by atoms with E-state index in [9.17, 15) is 14.7 Å². The first-order chi connectivity index (χ1) is 14.0. The van der Waals surface area contributed by atoms with E-state index in [1.807, 2.05) is 30.3 Å². The molecule has 29 heavy (non-hydrogen) atoms.